The zero-order valence-electron chi connectivity index (χ0n) is 6.66. The lowest BCUT2D eigenvalue weighted by Crippen LogP contribution is -1.95. The molecule has 0 saturated heterocycles. The zero-order chi connectivity index (χ0) is 8.27. The van der Waals surface area contributed by atoms with Crippen LogP contribution in [0.1, 0.15) is 24.9 Å². The molecule has 60 valence electrons. The summed E-state index contributed by atoms with van der Waals surface area (Å²) in [6.07, 6.45) is 0.670. The second kappa shape index (κ2) is 3.23. The third-order valence-electron chi connectivity index (χ3n) is 1.48. The van der Waals surface area contributed by atoms with Crippen LogP contribution in [0.3, 0.4) is 0 Å². The van der Waals surface area contributed by atoms with Crippen LogP contribution in [0.4, 0.5) is 0 Å². The quantitative estimate of drug-likeness (QED) is 0.402. The summed E-state index contributed by atoms with van der Waals surface area (Å²) in [7, 11) is 0. The fourth-order valence-electron chi connectivity index (χ4n) is 0.884. The van der Waals surface area contributed by atoms with E-state index in [2.05, 4.69) is 5.16 Å². The minimum Gasteiger partial charge on any atom is -0.460 e. The van der Waals surface area contributed by atoms with Gasteiger partial charge >= 0.3 is 0 Å². The molecular weight excluding hydrogens is 142 g/mol. The van der Waals surface area contributed by atoms with Crippen molar-refractivity contribution in [2.24, 2.45) is 5.16 Å². The minimum absolute atomic E-state index is 0.582. The molecule has 0 atom stereocenters. The van der Waals surface area contributed by atoms with Crippen LogP contribution in [0.5, 0.6) is 0 Å². The van der Waals surface area contributed by atoms with Gasteiger partial charge in [-0.05, 0) is 25.5 Å². The second-order valence-corrected chi connectivity index (χ2v) is 2.31. The van der Waals surface area contributed by atoms with Gasteiger partial charge in [-0.1, -0.05) is 12.1 Å². The van der Waals surface area contributed by atoms with Gasteiger partial charge in [0.05, 0.1) is 0 Å². The Morgan fingerprint density at radius 3 is 2.73 bits per heavy atom. The standard InChI is InChI=1S/C8H11NO2/c1-3-7(9-10)8-5-4-6(2)11-8/h4-5,10H,3H2,1-2H3. The number of hydrogen-bond donors (Lipinski definition) is 1. The third kappa shape index (κ3) is 1.61. The van der Waals surface area contributed by atoms with E-state index in [1.807, 2.05) is 19.9 Å². The highest BCUT2D eigenvalue weighted by Crippen LogP contribution is 2.09. The van der Waals surface area contributed by atoms with E-state index in [0.29, 0.717) is 17.9 Å². The van der Waals surface area contributed by atoms with Crippen molar-refractivity contribution in [3.05, 3.63) is 23.7 Å². The molecule has 1 heterocycles. The molecule has 0 bridgehead atoms. The first-order valence-corrected chi connectivity index (χ1v) is 3.55. The number of rotatable bonds is 2. The van der Waals surface area contributed by atoms with Crippen LogP contribution in [0.15, 0.2) is 21.7 Å². The van der Waals surface area contributed by atoms with E-state index in [-0.39, 0.29) is 0 Å². The van der Waals surface area contributed by atoms with Gasteiger partial charge < -0.3 is 9.62 Å². The summed E-state index contributed by atoms with van der Waals surface area (Å²) in [5, 5.41) is 11.6. The Morgan fingerprint density at radius 1 is 1.64 bits per heavy atom. The molecule has 3 heteroatoms. The SMILES string of the molecule is CCC(=NO)c1ccc(C)o1. The number of furan rings is 1. The lowest BCUT2D eigenvalue weighted by molar-refractivity contribution is 0.316. The highest BCUT2D eigenvalue weighted by molar-refractivity contribution is 5.97. The molecule has 0 unspecified atom stereocenters. The van der Waals surface area contributed by atoms with E-state index < -0.39 is 0 Å². The maximum absolute atomic E-state index is 8.52. The molecule has 11 heavy (non-hydrogen) atoms. The van der Waals surface area contributed by atoms with Crippen LogP contribution in [0, 0.1) is 6.92 Å². The molecule has 0 radical (unpaired) electrons. The molecule has 1 aromatic heterocycles. The fraction of sp³-hybridized carbons (Fsp3) is 0.375. The smallest absolute Gasteiger partial charge is 0.151 e. The van der Waals surface area contributed by atoms with Gasteiger partial charge in [0.25, 0.3) is 0 Å². The van der Waals surface area contributed by atoms with Crippen molar-refractivity contribution in [2.75, 3.05) is 0 Å². The van der Waals surface area contributed by atoms with Gasteiger partial charge in [-0.2, -0.15) is 0 Å². The van der Waals surface area contributed by atoms with Gasteiger partial charge in [-0.3, -0.25) is 0 Å². The Morgan fingerprint density at radius 2 is 2.36 bits per heavy atom. The summed E-state index contributed by atoms with van der Waals surface area (Å²) < 4.78 is 5.24. The maximum Gasteiger partial charge on any atom is 0.151 e. The molecule has 0 aliphatic rings. The summed E-state index contributed by atoms with van der Waals surface area (Å²) in [5.41, 5.74) is 0.582. The van der Waals surface area contributed by atoms with E-state index in [1.165, 1.54) is 0 Å². The van der Waals surface area contributed by atoms with E-state index in [4.69, 9.17) is 9.62 Å². The Balaban J connectivity index is 2.91. The highest BCUT2D eigenvalue weighted by atomic mass is 16.4. The Labute approximate surface area is 65.3 Å². The van der Waals surface area contributed by atoms with Gasteiger partial charge in [0.2, 0.25) is 0 Å². The van der Waals surface area contributed by atoms with Crippen LogP contribution in [0.25, 0.3) is 0 Å². The normalized spacial score (nSPS) is 12.0. The molecule has 0 aliphatic carbocycles. The predicted octanol–water partition coefficient (Wildman–Crippen LogP) is 2.18. The highest BCUT2D eigenvalue weighted by Gasteiger charge is 2.04. The van der Waals surface area contributed by atoms with Gasteiger partial charge in [0.15, 0.2) is 5.76 Å². The summed E-state index contributed by atoms with van der Waals surface area (Å²) in [6.45, 7) is 3.76. The first-order chi connectivity index (χ1) is 5.27. The molecule has 0 amide bonds. The summed E-state index contributed by atoms with van der Waals surface area (Å²) in [4.78, 5) is 0. The van der Waals surface area contributed by atoms with Crippen LogP contribution < -0.4 is 0 Å². The molecule has 0 aromatic carbocycles. The maximum atomic E-state index is 8.52. The third-order valence-corrected chi connectivity index (χ3v) is 1.48. The Hall–Kier alpha value is -1.25. The van der Waals surface area contributed by atoms with Gasteiger partial charge in [-0.15, -0.1) is 0 Å². The number of hydrogen-bond acceptors (Lipinski definition) is 3. The minimum atomic E-state index is 0.582. The molecule has 0 spiro atoms. The number of nitrogens with zero attached hydrogens (tertiary/aromatic N) is 1. The zero-order valence-corrected chi connectivity index (χ0v) is 6.66. The van der Waals surface area contributed by atoms with E-state index in [0.717, 1.165) is 5.76 Å². The van der Waals surface area contributed by atoms with Crippen LogP contribution >= 0.6 is 0 Å². The average Bonchev–Trinajstić information content (AvgIpc) is 2.39. The van der Waals surface area contributed by atoms with Crippen LogP contribution in [-0.2, 0) is 0 Å². The number of oxime groups is 1. The van der Waals surface area contributed by atoms with Crippen molar-refractivity contribution in [1.82, 2.24) is 0 Å². The van der Waals surface area contributed by atoms with Crippen molar-refractivity contribution < 1.29 is 9.62 Å². The van der Waals surface area contributed by atoms with Crippen molar-refractivity contribution in [2.45, 2.75) is 20.3 Å². The Bertz CT molecular complexity index is 263. The topological polar surface area (TPSA) is 45.7 Å². The average molecular weight is 153 g/mol. The molecule has 0 fully saturated rings. The van der Waals surface area contributed by atoms with Crippen molar-refractivity contribution >= 4 is 5.71 Å². The molecule has 0 aliphatic heterocycles. The van der Waals surface area contributed by atoms with Crippen molar-refractivity contribution in [3.63, 3.8) is 0 Å². The van der Waals surface area contributed by atoms with Gasteiger partial charge in [0, 0.05) is 0 Å². The largest absolute Gasteiger partial charge is 0.460 e. The lowest BCUT2D eigenvalue weighted by atomic mass is 10.2. The first kappa shape index (κ1) is 7.85. The Kier molecular flexibility index (Phi) is 2.31. The summed E-state index contributed by atoms with van der Waals surface area (Å²) >= 11 is 0. The van der Waals surface area contributed by atoms with Crippen LogP contribution in [0.2, 0.25) is 0 Å². The summed E-state index contributed by atoms with van der Waals surface area (Å²) in [5.74, 6) is 1.47. The van der Waals surface area contributed by atoms with Crippen molar-refractivity contribution in [1.29, 1.82) is 0 Å². The lowest BCUT2D eigenvalue weighted by Gasteiger charge is -1.93. The molecule has 1 N–H and O–H groups in total. The van der Waals surface area contributed by atoms with Crippen LogP contribution in [-0.4, -0.2) is 10.9 Å². The predicted molar refractivity (Wildman–Crippen MR) is 42.1 cm³/mol. The fourth-order valence-corrected chi connectivity index (χ4v) is 0.884. The molecule has 0 saturated carbocycles. The first-order valence-electron chi connectivity index (χ1n) is 3.55. The molecule has 1 aromatic rings. The van der Waals surface area contributed by atoms with Gasteiger partial charge in [0.1, 0.15) is 11.5 Å². The molecular formula is C8H11NO2. The summed E-state index contributed by atoms with van der Waals surface area (Å²) in [6, 6.07) is 3.64. The van der Waals surface area contributed by atoms with E-state index in [9.17, 15) is 0 Å². The second-order valence-electron chi connectivity index (χ2n) is 2.31. The van der Waals surface area contributed by atoms with Crippen molar-refractivity contribution in [3.8, 4) is 0 Å². The van der Waals surface area contributed by atoms with Gasteiger partial charge in [-0.25, -0.2) is 0 Å². The monoisotopic (exact) mass is 153 g/mol. The van der Waals surface area contributed by atoms with E-state index >= 15 is 0 Å². The molecule has 3 nitrogen and oxygen atoms in total. The number of aryl methyl sites for hydroxylation is 1. The molecule has 1 rings (SSSR count). The van der Waals surface area contributed by atoms with E-state index in [1.54, 1.807) is 6.07 Å².